The van der Waals surface area contributed by atoms with Gasteiger partial charge in [-0.25, -0.2) is 9.65 Å². The van der Waals surface area contributed by atoms with Gasteiger partial charge in [-0.2, -0.15) is 0 Å². The zero-order valence-electron chi connectivity index (χ0n) is 10.8. The van der Waals surface area contributed by atoms with Crippen LogP contribution in [0.15, 0.2) is 16.3 Å². The molecule has 0 aliphatic carbocycles. The van der Waals surface area contributed by atoms with Crippen LogP contribution in [0.4, 0.5) is 0 Å². The smallest absolute Gasteiger partial charge is 0.335 e. The van der Waals surface area contributed by atoms with Crippen molar-refractivity contribution in [3.63, 3.8) is 0 Å². The monoisotopic (exact) mass is 274 g/mol. The molecule has 2 aliphatic heterocycles. The quantitative estimate of drug-likeness (QED) is 0.732. The van der Waals surface area contributed by atoms with Gasteiger partial charge in [0.25, 0.3) is 0 Å². The molecule has 0 spiro atoms. The van der Waals surface area contributed by atoms with Crippen molar-refractivity contribution in [3.8, 4) is 0 Å². The van der Waals surface area contributed by atoms with E-state index in [9.17, 15) is 4.57 Å². The predicted octanol–water partition coefficient (Wildman–Crippen LogP) is 0.652. The van der Waals surface area contributed by atoms with Gasteiger partial charge in [0.15, 0.2) is 0 Å². The molecule has 8 heteroatoms. The summed E-state index contributed by atoms with van der Waals surface area (Å²) < 4.78 is 21.8. The maximum Gasteiger partial charge on any atom is 0.405 e. The Morgan fingerprint density at radius 2 is 2.22 bits per heavy atom. The lowest BCUT2D eigenvalue weighted by atomic mass is 10.1. The topological polar surface area (TPSA) is 89.2 Å². The predicted molar refractivity (Wildman–Crippen MR) is 69.0 cm³/mol. The summed E-state index contributed by atoms with van der Waals surface area (Å²) in [5, 5.41) is 2.92. The lowest BCUT2D eigenvalue weighted by molar-refractivity contribution is 0.259. The molecule has 0 unspecified atom stereocenters. The summed E-state index contributed by atoms with van der Waals surface area (Å²) in [6, 6.07) is -0.00238. The number of hydrogen-bond acceptors (Lipinski definition) is 6. The van der Waals surface area contributed by atoms with Crippen LogP contribution in [-0.2, 0) is 13.6 Å². The van der Waals surface area contributed by atoms with E-state index in [-0.39, 0.29) is 12.2 Å². The molecular formula is C10H19N4O3P. The molecule has 2 heterocycles. The summed E-state index contributed by atoms with van der Waals surface area (Å²) in [5.74, 6) is 0. The third kappa shape index (κ3) is 2.50. The van der Waals surface area contributed by atoms with Crippen LogP contribution in [0.1, 0.15) is 13.3 Å². The summed E-state index contributed by atoms with van der Waals surface area (Å²) in [4.78, 5) is 6.21. The number of hydrogen-bond donors (Lipinski definition) is 2. The second-order valence-electron chi connectivity index (χ2n) is 4.38. The van der Waals surface area contributed by atoms with E-state index in [2.05, 4.69) is 10.1 Å². The highest BCUT2D eigenvalue weighted by Gasteiger charge is 2.35. The number of rotatable bonds is 4. The van der Waals surface area contributed by atoms with E-state index in [0.29, 0.717) is 6.54 Å². The minimum Gasteiger partial charge on any atom is -0.335 e. The molecule has 0 aromatic carbocycles. The van der Waals surface area contributed by atoms with Crippen LogP contribution >= 0.6 is 7.75 Å². The molecular weight excluding hydrogens is 255 g/mol. The molecule has 0 aromatic rings. The number of aliphatic imine (C=N–C) groups is 1. The fourth-order valence-electron chi connectivity index (χ4n) is 2.19. The Hall–Kier alpha value is -0.720. The Kier molecular flexibility index (Phi) is 3.89. The van der Waals surface area contributed by atoms with Crippen LogP contribution in [0.3, 0.4) is 0 Å². The van der Waals surface area contributed by atoms with Gasteiger partial charge in [0.1, 0.15) is 6.17 Å². The first-order chi connectivity index (χ1) is 8.49. The lowest BCUT2D eigenvalue weighted by Gasteiger charge is -2.23. The molecule has 0 radical (unpaired) electrons. The van der Waals surface area contributed by atoms with E-state index in [4.69, 9.17) is 14.8 Å². The van der Waals surface area contributed by atoms with Gasteiger partial charge in [-0.3, -0.25) is 4.99 Å². The van der Waals surface area contributed by atoms with Crippen LogP contribution in [-0.4, -0.2) is 44.2 Å². The highest BCUT2D eigenvalue weighted by atomic mass is 31.2. The standard InChI is InChI=1S/C10H19N4O3P/c1-7-9-4-8(13-18(15,16-2)17-3)5-14(9)6-12-10(7)11/h6,8,10H,4-5,11H2,1-3H3,(H,13,15)/t8-,10+/m0/s1. The highest BCUT2D eigenvalue weighted by molar-refractivity contribution is 7.51. The van der Waals surface area contributed by atoms with Crippen LogP contribution in [0.25, 0.3) is 0 Å². The van der Waals surface area contributed by atoms with Crippen LogP contribution in [0.5, 0.6) is 0 Å². The average molecular weight is 274 g/mol. The van der Waals surface area contributed by atoms with Gasteiger partial charge in [0, 0.05) is 38.9 Å². The van der Waals surface area contributed by atoms with Gasteiger partial charge in [-0.15, -0.1) is 0 Å². The number of nitrogens with one attached hydrogen (secondary N) is 1. The Morgan fingerprint density at radius 3 is 2.83 bits per heavy atom. The van der Waals surface area contributed by atoms with Gasteiger partial charge >= 0.3 is 7.75 Å². The van der Waals surface area contributed by atoms with Gasteiger partial charge in [-0.05, 0) is 12.5 Å². The van der Waals surface area contributed by atoms with E-state index in [1.165, 1.54) is 14.2 Å². The molecule has 0 bridgehead atoms. The zero-order chi connectivity index (χ0) is 13.3. The minimum atomic E-state index is -3.19. The van der Waals surface area contributed by atoms with Crippen LogP contribution in [0, 0.1) is 0 Å². The summed E-state index contributed by atoms with van der Waals surface area (Å²) in [7, 11) is -0.469. The Labute approximate surface area is 107 Å². The number of fused-ring (bicyclic) bond motifs is 1. The van der Waals surface area contributed by atoms with Crippen molar-refractivity contribution in [2.75, 3.05) is 20.8 Å². The second-order valence-corrected chi connectivity index (χ2v) is 6.37. The van der Waals surface area contributed by atoms with Crippen molar-refractivity contribution in [2.24, 2.45) is 10.7 Å². The molecule has 1 fully saturated rings. The Bertz CT molecular complexity index is 429. The zero-order valence-corrected chi connectivity index (χ0v) is 11.7. The summed E-state index contributed by atoms with van der Waals surface area (Å²) in [5.41, 5.74) is 8.03. The molecule has 18 heavy (non-hydrogen) atoms. The molecule has 0 saturated carbocycles. The Morgan fingerprint density at radius 1 is 1.56 bits per heavy atom. The third-order valence-corrected chi connectivity index (χ3v) is 4.93. The van der Waals surface area contributed by atoms with Gasteiger partial charge in [-0.1, -0.05) is 0 Å². The lowest BCUT2D eigenvalue weighted by Crippen LogP contribution is -2.33. The molecule has 0 aromatic heterocycles. The number of nitrogens with zero attached hydrogens (tertiary/aromatic N) is 2. The van der Waals surface area contributed by atoms with E-state index < -0.39 is 7.75 Å². The SMILES string of the molecule is COP(=O)(N[C@H]1CC2=C(C)[C@H](N)N=CN2C1)OC. The maximum absolute atomic E-state index is 12.0. The average Bonchev–Trinajstić information content (AvgIpc) is 2.77. The van der Waals surface area contributed by atoms with Gasteiger partial charge < -0.3 is 19.7 Å². The van der Waals surface area contributed by atoms with Crippen molar-refractivity contribution in [3.05, 3.63) is 11.3 Å². The minimum absolute atomic E-state index is 0.00238. The fraction of sp³-hybridized carbons (Fsp3) is 0.700. The van der Waals surface area contributed by atoms with Crippen molar-refractivity contribution in [1.82, 2.24) is 9.99 Å². The molecule has 7 nitrogen and oxygen atoms in total. The highest BCUT2D eigenvalue weighted by Crippen LogP contribution is 2.43. The van der Waals surface area contributed by atoms with Crippen LogP contribution < -0.4 is 10.8 Å². The maximum atomic E-state index is 12.0. The first-order valence-electron chi connectivity index (χ1n) is 5.73. The van der Waals surface area contributed by atoms with Crippen molar-refractivity contribution in [1.29, 1.82) is 0 Å². The molecule has 2 rings (SSSR count). The van der Waals surface area contributed by atoms with E-state index in [1.54, 1.807) is 6.34 Å². The van der Waals surface area contributed by atoms with Gasteiger partial charge in [0.05, 0.1) is 6.34 Å². The first kappa shape index (κ1) is 13.7. The fourth-order valence-corrected chi connectivity index (χ4v) is 3.17. The second kappa shape index (κ2) is 5.11. The van der Waals surface area contributed by atoms with Crippen molar-refractivity contribution < 1.29 is 13.6 Å². The third-order valence-electron chi connectivity index (χ3n) is 3.29. The van der Waals surface area contributed by atoms with E-state index in [1.807, 2.05) is 11.8 Å². The molecule has 0 amide bonds. The van der Waals surface area contributed by atoms with Crippen molar-refractivity contribution in [2.45, 2.75) is 25.6 Å². The summed E-state index contributed by atoms with van der Waals surface area (Å²) in [6.07, 6.45) is 2.20. The van der Waals surface area contributed by atoms with Gasteiger partial charge in [0.2, 0.25) is 0 Å². The molecule has 2 aliphatic rings. The normalized spacial score (nSPS) is 27.9. The van der Waals surface area contributed by atoms with E-state index in [0.717, 1.165) is 17.7 Å². The largest absolute Gasteiger partial charge is 0.405 e. The Balaban J connectivity index is 2.09. The molecule has 1 saturated heterocycles. The summed E-state index contributed by atoms with van der Waals surface area (Å²) in [6.45, 7) is 2.65. The van der Waals surface area contributed by atoms with Crippen molar-refractivity contribution >= 4 is 14.1 Å². The number of nitrogens with two attached hydrogens (primary N) is 1. The molecule has 102 valence electrons. The first-order valence-corrected chi connectivity index (χ1v) is 7.28. The molecule has 3 N–H and O–H groups in total. The van der Waals surface area contributed by atoms with Crippen LogP contribution in [0.2, 0.25) is 0 Å². The summed E-state index contributed by atoms with van der Waals surface area (Å²) >= 11 is 0. The molecule has 2 atom stereocenters. The van der Waals surface area contributed by atoms with E-state index >= 15 is 0 Å².